The second kappa shape index (κ2) is 6.48. The van der Waals surface area contributed by atoms with E-state index in [0.717, 1.165) is 9.13 Å². The summed E-state index contributed by atoms with van der Waals surface area (Å²) in [7, 11) is 0. The largest absolute Gasteiger partial charge is 0.389 e. The van der Waals surface area contributed by atoms with Crippen LogP contribution in [0, 0.1) is 16.3 Å². The van der Waals surface area contributed by atoms with Crippen LogP contribution in [0.15, 0.2) is 36.4 Å². The molecule has 0 heterocycles. The molecule has 0 saturated carbocycles. The lowest BCUT2D eigenvalue weighted by Gasteiger charge is -2.12. The van der Waals surface area contributed by atoms with E-state index in [9.17, 15) is 9.18 Å². The van der Waals surface area contributed by atoms with Crippen LogP contribution in [0.5, 0.6) is 0 Å². The van der Waals surface area contributed by atoms with Crippen molar-refractivity contribution in [3.8, 4) is 0 Å². The number of carbonyl (C=O) groups is 1. The number of benzene rings is 2. The zero-order valence-electron chi connectivity index (χ0n) is 11.1. The first kappa shape index (κ1) is 15.8. The van der Waals surface area contributed by atoms with Gasteiger partial charge in [0, 0.05) is 9.13 Å². The van der Waals surface area contributed by atoms with Crippen molar-refractivity contribution in [2.24, 2.45) is 5.73 Å². The molecule has 0 aromatic heterocycles. The lowest BCUT2D eigenvalue weighted by molar-refractivity contribution is 0.102. The molecule has 108 valence electrons. The summed E-state index contributed by atoms with van der Waals surface area (Å²) in [6, 6.07) is 9.37. The first-order valence-corrected chi connectivity index (χ1v) is 7.54. The van der Waals surface area contributed by atoms with E-state index in [1.165, 1.54) is 18.2 Å². The summed E-state index contributed by atoms with van der Waals surface area (Å²) in [4.78, 5) is 12.4. The Hall–Kier alpha value is -1.54. The molecule has 6 heteroatoms. The van der Waals surface area contributed by atoms with Crippen LogP contribution < -0.4 is 11.1 Å². The van der Waals surface area contributed by atoms with Gasteiger partial charge in [0.25, 0.3) is 5.91 Å². The molecule has 21 heavy (non-hydrogen) atoms. The summed E-state index contributed by atoms with van der Waals surface area (Å²) in [5.41, 5.74) is 7.83. The molecule has 0 atom stereocenters. The van der Waals surface area contributed by atoms with Crippen molar-refractivity contribution >= 4 is 51.4 Å². The highest BCUT2D eigenvalue weighted by Gasteiger charge is 2.14. The molecule has 2 aromatic carbocycles. The molecule has 0 aliphatic heterocycles. The molecule has 0 fully saturated rings. The van der Waals surface area contributed by atoms with Crippen LogP contribution in [0.1, 0.15) is 21.5 Å². The molecule has 0 radical (unpaired) electrons. The number of aryl methyl sites for hydroxylation is 1. The summed E-state index contributed by atoms with van der Waals surface area (Å²) in [6.07, 6.45) is 0. The monoisotopic (exact) mass is 414 g/mol. The van der Waals surface area contributed by atoms with Crippen molar-refractivity contribution in [3.05, 3.63) is 62.5 Å². The van der Waals surface area contributed by atoms with Gasteiger partial charge >= 0.3 is 0 Å². The van der Waals surface area contributed by atoms with Gasteiger partial charge in [-0.25, -0.2) is 4.39 Å². The van der Waals surface area contributed by atoms with Gasteiger partial charge in [-0.1, -0.05) is 24.4 Å². The standard InChI is InChI=1S/C15H12FIN2OS/c1-8-3-2-4-10(13(8)17)15(20)19-12-6-5-9(16)7-11(12)14(18)21/h2-7H,1H3,(H2,18,21)(H,19,20). The maximum Gasteiger partial charge on any atom is 0.256 e. The van der Waals surface area contributed by atoms with Crippen molar-refractivity contribution < 1.29 is 9.18 Å². The minimum Gasteiger partial charge on any atom is -0.389 e. The van der Waals surface area contributed by atoms with Crippen molar-refractivity contribution in [2.75, 3.05) is 5.32 Å². The Balaban J connectivity index is 2.36. The number of hydrogen-bond acceptors (Lipinski definition) is 2. The first-order chi connectivity index (χ1) is 9.90. The molecule has 0 spiro atoms. The van der Waals surface area contributed by atoms with Crippen molar-refractivity contribution in [2.45, 2.75) is 6.92 Å². The van der Waals surface area contributed by atoms with Crippen molar-refractivity contribution in [1.29, 1.82) is 0 Å². The van der Waals surface area contributed by atoms with Crippen LogP contribution in [0.25, 0.3) is 0 Å². The maximum atomic E-state index is 13.3. The Morgan fingerprint density at radius 3 is 2.67 bits per heavy atom. The highest BCUT2D eigenvalue weighted by atomic mass is 127. The second-order valence-electron chi connectivity index (χ2n) is 4.44. The molecular formula is C15H12FIN2OS. The Morgan fingerprint density at radius 1 is 1.29 bits per heavy atom. The second-order valence-corrected chi connectivity index (χ2v) is 5.96. The zero-order valence-corrected chi connectivity index (χ0v) is 14.1. The number of amides is 1. The molecule has 3 nitrogen and oxygen atoms in total. The van der Waals surface area contributed by atoms with Crippen LogP contribution in [0.2, 0.25) is 0 Å². The number of carbonyl (C=O) groups excluding carboxylic acids is 1. The van der Waals surface area contributed by atoms with Crippen LogP contribution in [-0.4, -0.2) is 10.9 Å². The van der Waals surface area contributed by atoms with Gasteiger partial charge in [-0.15, -0.1) is 0 Å². The molecule has 0 bridgehead atoms. The fourth-order valence-corrected chi connectivity index (χ4v) is 2.62. The van der Waals surface area contributed by atoms with E-state index < -0.39 is 5.82 Å². The molecule has 1 amide bonds. The molecule has 0 saturated heterocycles. The van der Waals surface area contributed by atoms with Gasteiger partial charge in [0.1, 0.15) is 10.8 Å². The van der Waals surface area contributed by atoms with Gasteiger partial charge < -0.3 is 11.1 Å². The number of halogens is 2. The lowest BCUT2D eigenvalue weighted by atomic mass is 10.1. The van der Waals surface area contributed by atoms with Crippen LogP contribution in [0.3, 0.4) is 0 Å². The minimum atomic E-state index is -0.457. The summed E-state index contributed by atoms with van der Waals surface area (Å²) in [5.74, 6) is -0.742. The molecule has 0 unspecified atom stereocenters. The third-order valence-electron chi connectivity index (χ3n) is 2.93. The van der Waals surface area contributed by atoms with Gasteiger partial charge in [-0.05, 0) is 59.3 Å². The minimum absolute atomic E-state index is 0.0312. The Bertz CT molecular complexity index is 734. The highest BCUT2D eigenvalue weighted by molar-refractivity contribution is 14.1. The predicted octanol–water partition coefficient (Wildman–Crippen LogP) is 3.63. The summed E-state index contributed by atoms with van der Waals surface area (Å²) >= 11 is 7.00. The number of nitrogens with one attached hydrogen (secondary N) is 1. The van der Waals surface area contributed by atoms with Gasteiger partial charge in [-0.2, -0.15) is 0 Å². The smallest absolute Gasteiger partial charge is 0.256 e. The highest BCUT2D eigenvalue weighted by Crippen LogP contribution is 2.21. The number of thiocarbonyl (C=S) groups is 1. The number of hydrogen-bond donors (Lipinski definition) is 2. The van der Waals surface area contributed by atoms with Crippen molar-refractivity contribution in [3.63, 3.8) is 0 Å². The lowest BCUT2D eigenvalue weighted by Crippen LogP contribution is -2.18. The third kappa shape index (κ3) is 3.56. The fraction of sp³-hybridized carbons (Fsp3) is 0.0667. The number of nitrogens with two attached hydrogens (primary N) is 1. The van der Waals surface area contributed by atoms with Gasteiger partial charge in [0.2, 0.25) is 0 Å². The van der Waals surface area contributed by atoms with E-state index in [1.54, 1.807) is 6.07 Å². The van der Waals surface area contributed by atoms with Gasteiger partial charge in [0.05, 0.1) is 11.3 Å². The average molecular weight is 414 g/mol. The molecule has 3 N–H and O–H groups in total. The summed E-state index contributed by atoms with van der Waals surface area (Å²) < 4.78 is 14.1. The topological polar surface area (TPSA) is 55.1 Å². The zero-order chi connectivity index (χ0) is 15.6. The number of anilines is 1. The molecule has 2 aromatic rings. The molecule has 2 rings (SSSR count). The maximum absolute atomic E-state index is 13.3. The van der Waals surface area contributed by atoms with E-state index in [2.05, 4.69) is 27.9 Å². The van der Waals surface area contributed by atoms with E-state index in [0.29, 0.717) is 16.8 Å². The third-order valence-corrected chi connectivity index (χ3v) is 4.58. The van der Waals surface area contributed by atoms with Crippen LogP contribution >= 0.6 is 34.8 Å². The molecule has 0 aliphatic rings. The predicted molar refractivity (Wildman–Crippen MR) is 94.1 cm³/mol. The van der Waals surface area contributed by atoms with E-state index in [1.807, 2.05) is 19.1 Å². The van der Waals surface area contributed by atoms with E-state index >= 15 is 0 Å². The van der Waals surface area contributed by atoms with E-state index in [-0.39, 0.29) is 10.9 Å². The fourth-order valence-electron chi connectivity index (χ4n) is 1.84. The molecule has 0 aliphatic carbocycles. The normalized spacial score (nSPS) is 10.2. The SMILES string of the molecule is Cc1cccc(C(=O)Nc2ccc(F)cc2C(N)=S)c1I. The van der Waals surface area contributed by atoms with E-state index in [4.69, 9.17) is 18.0 Å². The quantitative estimate of drug-likeness (QED) is 0.596. The first-order valence-electron chi connectivity index (χ1n) is 6.06. The Kier molecular flexibility index (Phi) is 4.89. The average Bonchev–Trinajstić information content (AvgIpc) is 2.43. The Labute approximate surface area is 140 Å². The summed E-state index contributed by atoms with van der Waals surface area (Å²) in [5, 5.41) is 2.73. The Morgan fingerprint density at radius 2 is 2.00 bits per heavy atom. The summed E-state index contributed by atoms with van der Waals surface area (Å²) in [6.45, 7) is 1.93. The van der Waals surface area contributed by atoms with Gasteiger partial charge in [-0.3, -0.25) is 4.79 Å². The van der Waals surface area contributed by atoms with Gasteiger partial charge in [0.15, 0.2) is 0 Å². The van der Waals surface area contributed by atoms with Crippen molar-refractivity contribution in [1.82, 2.24) is 0 Å². The van der Waals surface area contributed by atoms with Crippen LogP contribution in [0.4, 0.5) is 10.1 Å². The number of rotatable bonds is 3. The van der Waals surface area contributed by atoms with Crippen LogP contribution in [-0.2, 0) is 0 Å². The molecular weight excluding hydrogens is 402 g/mol.